The summed E-state index contributed by atoms with van der Waals surface area (Å²) in [6.07, 6.45) is 3.32. The minimum Gasteiger partial charge on any atom is -0.374 e. The first-order valence-corrected chi connectivity index (χ1v) is 12.6. The Morgan fingerprint density at radius 2 is 1.53 bits per heavy atom. The van der Waals surface area contributed by atoms with E-state index in [1.54, 1.807) is 35.3 Å². The number of aromatic nitrogens is 3. The van der Waals surface area contributed by atoms with Crippen LogP contribution in [0, 0.1) is 0 Å². The van der Waals surface area contributed by atoms with Crippen molar-refractivity contribution in [2.45, 2.75) is 5.60 Å². The summed E-state index contributed by atoms with van der Waals surface area (Å²) >= 11 is 6.17. The monoisotopic (exact) mass is 517 g/mol. The number of pyridine rings is 1. The molecule has 1 atom stereocenters. The third kappa shape index (κ3) is 4.12. The summed E-state index contributed by atoms with van der Waals surface area (Å²) in [6, 6.07) is 32.7. The van der Waals surface area contributed by atoms with E-state index >= 15 is 0 Å². The van der Waals surface area contributed by atoms with Crippen LogP contribution in [0.1, 0.15) is 16.8 Å². The lowest BCUT2D eigenvalue weighted by Gasteiger charge is -2.30. The minimum atomic E-state index is -1.51. The normalized spacial score (nSPS) is 12.9. The topological polar surface area (TPSA) is 70.9 Å². The second kappa shape index (κ2) is 9.45. The molecule has 0 spiro atoms. The number of rotatable bonds is 5. The van der Waals surface area contributed by atoms with Crippen LogP contribution in [0.15, 0.2) is 120 Å². The van der Waals surface area contributed by atoms with Crippen LogP contribution in [0.4, 0.5) is 0 Å². The summed E-state index contributed by atoms with van der Waals surface area (Å²) in [6.45, 7) is 0. The third-order valence-corrected chi connectivity index (χ3v) is 7.24. The van der Waals surface area contributed by atoms with Gasteiger partial charge < -0.3 is 14.7 Å². The number of nitrogens with one attached hydrogen (secondary N) is 1. The molecule has 0 aliphatic carbocycles. The number of hydrogen-bond donors (Lipinski definition) is 2. The molecule has 2 N–H and O–H groups in total. The number of benzene rings is 4. The molecule has 5 nitrogen and oxygen atoms in total. The molecule has 38 heavy (non-hydrogen) atoms. The van der Waals surface area contributed by atoms with E-state index in [0.29, 0.717) is 27.4 Å². The average molecular weight is 518 g/mol. The summed E-state index contributed by atoms with van der Waals surface area (Å²) in [5, 5.41) is 13.8. The van der Waals surface area contributed by atoms with Gasteiger partial charge in [0.2, 0.25) is 5.56 Å². The number of H-pyrrole nitrogens is 1. The Morgan fingerprint density at radius 1 is 0.816 bits per heavy atom. The SMILES string of the molecule is Cn1cncc1C(O)(c1ccc(Cl)cc1)c1ccc2[nH]c(=O)cc(-c3cccc(-c4ccccc4)c3)c2c1. The zero-order valence-corrected chi connectivity index (χ0v) is 21.4. The molecule has 0 saturated carbocycles. The molecule has 186 valence electrons. The summed E-state index contributed by atoms with van der Waals surface area (Å²) in [7, 11) is 1.85. The van der Waals surface area contributed by atoms with Gasteiger partial charge in [-0.1, -0.05) is 78.3 Å². The molecular formula is C32H24ClN3O2. The maximum absolute atomic E-state index is 12.7. The molecule has 4 aromatic carbocycles. The summed E-state index contributed by atoms with van der Waals surface area (Å²) in [5.41, 5.74) is 4.74. The first-order chi connectivity index (χ1) is 18.4. The van der Waals surface area contributed by atoms with E-state index < -0.39 is 5.60 Å². The van der Waals surface area contributed by atoms with Gasteiger partial charge in [0.25, 0.3) is 0 Å². The van der Waals surface area contributed by atoms with Crippen molar-refractivity contribution in [3.05, 3.63) is 148 Å². The first kappa shape index (κ1) is 23.9. The van der Waals surface area contributed by atoms with Crippen molar-refractivity contribution < 1.29 is 5.11 Å². The average Bonchev–Trinajstić information content (AvgIpc) is 3.39. The number of aryl methyl sites for hydroxylation is 1. The molecule has 6 rings (SSSR count). The summed E-state index contributed by atoms with van der Waals surface area (Å²) in [5.74, 6) is 0. The number of halogens is 1. The number of aromatic amines is 1. The Balaban J connectivity index is 1.59. The lowest BCUT2D eigenvalue weighted by atomic mass is 9.82. The quantitative estimate of drug-likeness (QED) is 0.273. The zero-order valence-electron chi connectivity index (χ0n) is 20.6. The van der Waals surface area contributed by atoms with Crippen molar-refractivity contribution in [3.8, 4) is 22.3 Å². The van der Waals surface area contributed by atoms with Crippen LogP contribution >= 0.6 is 11.6 Å². The highest BCUT2D eigenvalue weighted by atomic mass is 35.5. The Morgan fingerprint density at radius 3 is 2.26 bits per heavy atom. The van der Waals surface area contributed by atoms with Gasteiger partial charge in [0.1, 0.15) is 0 Å². The molecule has 1 unspecified atom stereocenters. The van der Waals surface area contributed by atoms with Crippen molar-refractivity contribution in [3.63, 3.8) is 0 Å². The van der Waals surface area contributed by atoms with Crippen molar-refractivity contribution in [2.24, 2.45) is 7.05 Å². The Bertz CT molecular complexity index is 1820. The van der Waals surface area contributed by atoms with Crippen molar-refractivity contribution in [1.29, 1.82) is 0 Å². The largest absolute Gasteiger partial charge is 0.374 e. The molecule has 6 heteroatoms. The fourth-order valence-electron chi connectivity index (χ4n) is 5.07. The molecule has 0 radical (unpaired) electrons. The number of nitrogens with zero attached hydrogens (tertiary/aromatic N) is 2. The van der Waals surface area contributed by atoms with Crippen molar-refractivity contribution in [2.75, 3.05) is 0 Å². The smallest absolute Gasteiger partial charge is 0.249 e. The van der Waals surface area contributed by atoms with Crippen molar-refractivity contribution in [1.82, 2.24) is 14.5 Å². The predicted molar refractivity (Wildman–Crippen MR) is 152 cm³/mol. The molecule has 6 aromatic rings. The molecule has 0 amide bonds. The van der Waals surface area contributed by atoms with Gasteiger partial charge in [0.05, 0.1) is 18.2 Å². The highest BCUT2D eigenvalue weighted by molar-refractivity contribution is 6.30. The van der Waals surface area contributed by atoms with Gasteiger partial charge in [0, 0.05) is 29.0 Å². The Kier molecular flexibility index (Phi) is 5.95. The van der Waals surface area contributed by atoms with E-state index in [-0.39, 0.29) is 5.56 Å². The van der Waals surface area contributed by atoms with E-state index in [2.05, 4.69) is 34.2 Å². The fraction of sp³-hybridized carbons (Fsp3) is 0.0625. The maximum Gasteiger partial charge on any atom is 0.249 e. The number of aliphatic hydroxyl groups is 1. The van der Waals surface area contributed by atoms with E-state index in [1.165, 1.54) is 0 Å². The Labute approximate surface area is 224 Å². The Hall–Kier alpha value is -4.45. The molecule has 0 saturated heterocycles. The van der Waals surface area contributed by atoms with E-state index in [0.717, 1.165) is 27.6 Å². The van der Waals surface area contributed by atoms with Crippen LogP contribution in [0.25, 0.3) is 33.2 Å². The number of hydrogen-bond acceptors (Lipinski definition) is 3. The van der Waals surface area contributed by atoms with Crippen LogP contribution in [0.3, 0.4) is 0 Å². The minimum absolute atomic E-state index is 0.190. The van der Waals surface area contributed by atoms with E-state index in [1.807, 2.05) is 67.7 Å². The second-order valence-electron chi connectivity index (χ2n) is 9.36. The number of imidazole rings is 1. The van der Waals surface area contributed by atoms with Crippen LogP contribution < -0.4 is 5.56 Å². The van der Waals surface area contributed by atoms with Gasteiger partial charge in [-0.15, -0.1) is 0 Å². The van der Waals surface area contributed by atoms with Crippen LogP contribution in [0.2, 0.25) is 5.02 Å². The lowest BCUT2D eigenvalue weighted by molar-refractivity contribution is 0.117. The molecular weight excluding hydrogens is 494 g/mol. The van der Waals surface area contributed by atoms with E-state index in [4.69, 9.17) is 11.6 Å². The van der Waals surface area contributed by atoms with E-state index in [9.17, 15) is 9.90 Å². The van der Waals surface area contributed by atoms with Gasteiger partial charge in [-0.2, -0.15) is 0 Å². The predicted octanol–water partition coefficient (Wildman–Crippen LogP) is 6.53. The van der Waals surface area contributed by atoms with Gasteiger partial charge in [-0.3, -0.25) is 4.79 Å². The van der Waals surface area contributed by atoms with Crippen molar-refractivity contribution >= 4 is 22.5 Å². The first-order valence-electron chi connectivity index (χ1n) is 12.2. The van der Waals surface area contributed by atoms with Gasteiger partial charge in [-0.05, 0) is 63.7 Å². The summed E-state index contributed by atoms with van der Waals surface area (Å²) < 4.78 is 1.80. The highest BCUT2D eigenvalue weighted by Gasteiger charge is 2.36. The molecule has 2 heterocycles. The molecule has 2 aromatic heterocycles. The van der Waals surface area contributed by atoms with Gasteiger partial charge in [0.15, 0.2) is 5.60 Å². The molecule has 0 bridgehead atoms. The highest BCUT2D eigenvalue weighted by Crippen LogP contribution is 2.39. The second-order valence-corrected chi connectivity index (χ2v) is 9.80. The molecule has 0 fully saturated rings. The standard InChI is InChI=1S/C32H24ClN3O2/c1-36-20-34-19-30(36)32(38,24-10-13-26(33)14-11-24)25-12-15-29-28(17-25)27(18-31(37)35-29)23-9-5-8-22(16-23)21-6-3-2-4-7-21/h2-20,38H,1H3,(H,35,37). The molecule has 0 aliphatic rings. The lowest BCUT2D eigenvalue weighted by Crippen LogP contribution is -2.31. The fourth-order valence-corrected chi connectivity index (χ4v) is 5.20. The van der Waals surface area contributed by atoms with Crippen LogP contribution in [0.5, 0.6) is 0 Å². The maximum atomic E-state index is 12.7. The van der Waals surface area contributed by atoms with Gasteiger partial charge in [-0.25, -0.2) is 4.98 Å². The van der Waals surface area contributed by atoms with Crippen LogP contribution in [-0.4, -0.2) is 19.6 Å². The molecule has 0 aliphatic heterocycles. The third-order valence-electron chi connectivity index (χ3n) is 6.99. The zero-order chi connectivity index (χ0) is 26.3. The van der Waals surface area contributed by atoms with Crippen LogP contribution in [-0.2, 0) is 12.6 Å². The summed E-state index contributed by atoms with van der Waals surface area (Å²) in [4.78, 5) is 19.9. The van der Waals surface area contributed by atoms with Gasteiger partial charge >= 0.3 is 0 Å². The number of fused-ring (bicyclic) bond motifs is 1.